The van der Waals surface area contributed by atoms with Crippen LogP contribution >= 0.6 is 38.9 Å². The van der Waals surface area contributed by atoms with Gasteiger partial charge in [0.15, 0.2) is 0 Å². The standard InChI is InChI=1S/C15H15BrClNO2S/c1-9(18-15(19)14-12(16)7-8-21-14)13(20-2)10-3-5-11(17)6-4-10/h3-9,13H,1-2H3,(H,18,19)/t9-,13-/m1/s1. The predicted molar refractivity (Wildman–Crippen MR) is 90.1 cm³/mol. The van der Waals surface area contributed by atoms with E-state index in [-0.39, 0.29) is 18.1 Å². The molecule has 1 N–H and O–H groups in total. The molecule has 0 fully saturated rings. The van der Waals surface area contributed by atoms with Gasteiger partial charge in [-0.15, -0.1) is 11.3 Å². The van der Waals surface area contributed by atoms with Gasteiger partial charge in [0, 0.05) is 16.6 Å². The van der Waals surface area contributed by atoms with Crippen molar-refractivity contribution in [3.63, 3.8) is 0 Å². The lowest BCUT2D eigenvalue weighted by Crippen LogP contribution is -2.37. The van der Waals surface area contributed by atoms with Gasteiger partial charge in [0.2, 0.25) is 0 Å². The van der Waals surface area contributed by atoms with Gasteiger partial charge in [-0.05, 0) is 52.0 Å². The summed E-state index contributed by atoms with van der Waals surface area (Å²) in [5, 5.41) is 5.52. The highest BCUT2D eigenvalue weighted by Gasteiger charge is 2.22. The van der Waals surface area contributed by atoms with Crippen molar-refractivity contribution in [3.05, 3.63) is 55.6 Å². The first-order chi connectivity index (χ1) is 10.0. The minimum absolute atomic E-state index is 0.111. The summed E-state index contributed by atoms with van der Waals surface area (Å²) < 4.78 is 6.32. The van der Waals surface area contributed by atoms with Crippen LogP contribution in [0.15, 0.2) is 40.2 Å². The Hall–Kier alpha value is -0.880. The highest BCUT2D eigenvalue weighted by atomic mass is 79.9. The van der Waals surface area contributed by atoms with Gasteiger partial charge < -0.3 is 10.1 Å². The lowest BCUT2D eigenvalue weighted by atomic mass is 10.0. The fourth-order valence-corrected chi connectivity index (χ4v) is 3.67. The van der Waals surface area contributed by atoms with Gasteiger partial charge in [-0.1, -0.05) is 23.7 Å². The van der Waals surface area contributed by atoms with Crippen LogP contribution in [0.5, 0.6) is 0 Å². The number of hydrogen-bond acceptors (Lipinski definition) is 3. The van der Waals surface area contributed by atoms with Gasteiger partial charge in [0.05, 0.1) is 6.04 Å². The number of thiophene rings is 1. The summed E-state index contributed by atoms with van der Waals surface area (Å²) in [5.41, 5.74) is 0.972. The molecule has 1 aromatic heterocycles. The number of carbonyl (C=O) groups excluding carboxylic acids is 1. The van der Waals surface area contributed by atoms with Crippen molar-refractivity contribution in [2.45, 2.75) is 19.1 Å². The van der Waals surface area contributed by atoms with Crippen LogP contribution in [-0.2, 0) is 4.74 Å². The first kappa shape index (κ1) is 16.5. The molecule has 112 valence electrons. The van der Waals surface area contributed by atoms with Crippen LogP contribution in [-0.4, -0.2) is 19.1 Å². The monoisotopic (exact) mass is 387 g/mol. The van der Waals surface area contributed by atoms with Gasteiger partial charge in [0.25, 0.3) is 5.91 Å². The molecule has 0 unspecified atom stereocenters. The average molecular weight is 389 g/mol. The molecule has 2 atom stereocenters. The third-order valence-electron chi connectivity index (χ3n) is 3.09. The van der Waals surface area contributed by atoms with Crippen LogP contribution in [0.1, 0.15) is 28.3 Å². The van der Waals surface area contributed by atoms with Crippen molar-refractivity contribution in [2.75, 3.05) is 7.11 Å². The number of nitrogens with one attached hydrogen (secondary N) is 1. The van der Waals surface area contributed by atoms with E-state index in [2.05, 4.69) is 21.2 Å². The normalized spacial score (nSPS) is 13.7. The maximum absolute atomic E-state index is 12.2. The van der Waals surface area contributed by atoms with Crippen molar-refractivity contribution >= 4 is 44.8 Å². The number of benzene rings is 1. The molecule has 1 amide bonds. The first-order valence-corrected chi connectivity index (χ1v) is 8.40. The Balaban J connectivity index is 2.10. The molecule has 0 radical (unpaired) electrons. The molecule has 2 aromatic rings. The Morgan fingerprint density at radius 1 is 1.33 bits per heavy atom. The predicted octanol–water partition coefficient (Wildman–Crippen LogP) is 4.67. The second-order valence-corrected chi connectivity index (χ2v) is 6.77. The van der Waals surface area contributed by atoms with E-state index in [0.717, 1.165) is 10.0 Å². The van der Waals surface area contributed by atoms with Crippen molar-refractivity contribution in [2.24, 2.45) is 0 Å². The molecule has 21 heavy (non-hydrogen) atoms. The Bertz CT molecular complexity index is 614. The van der Waals surface area contributed by atoms with E-state index in [9.17, 15) is 4.79 Å². The number of ether oxygens (including phenoxy) is 1. The van der Waals surface area contributed by atoms with Crippen molar-refractivity contribution < 1.29 is 9.53 Å². The third kappa shape index (κ3) is 4.07. The van der Waals surface area contributed by atoms with Crippen LogP contribution in [0.2, 0.25) is 5.02 Å². The lowest BCUT2D eigenvalue weighted by molar-refractivity contribution is 0.0646. The lowest BCUT2D eigenvalue weighted by Gasteiger charge is -2.24. The molecule has 0 saturated carbocycles. The topological polar surface area (TPSA) is 38.3 Å². The molecule has 2 rings (SSSR count). The quantitative estimate of drug-likeness (QED) is 0.808. The van der Waals surface area contributed by atoms with E-state index in [1.54, 1.807) is 7.11 Å². The summed E-state index contributed by atoms with van der Waals surface area (Å²) >= 11 is 10.7. The zero-order valence-corrected chi connectivity index (χ0v) is 14.8. The van der Waals surface area contributed by atoms with E-state index in [0.29, 0.717) is 9.90 Å². The van der Waals surface area contributed by atoms with Crippen molar-refractivity contribution in [1.82, 2.24) is 5.32 Å². The van der Waals surface area contributed by atoms with Crippen LogP contribution in [0, 0.1) is 0 Å². The molecule has 0 aliphatic carbocycles. The minimum Gasteiger partial charge on any atom is -0.375 e. The number of amides is 1. The van der Waals surface area contributed by atoms with Gasteiger partial charge in [-0.2, -0.15) is 0 Å². The number of hydrogen-bond donors (Lipinski definition) is 1. The Morgan fingerprint density at radius 2 is 2.00 bits per heavy atom. The summed E-state index contributed by atoms with van der Waals surface area (Å²) in [4.78, 5) is 12.9. The molecule has 0 aliphatic rings. The number of halogens is 2. The zero-order valence-electron chi connectivity index (χ0n) is 11.6. The molecule has 1 heterocycles. The summed E-state index contributed by atoms with van der Waals surface area (Å²) in [6.07, 6.45) is -0.232. The first-order valence-electron chi connectivity index (χ1n) is 6.35. The van der Waals surface area contributed by atoms with Gasteiger partial charge >= 0.3 is 0 Å². The van der Waals surface area contributed by atoms with E-state index >= 15 is 0 Å². The number of carbonyl (C=O) groups is 1. The molecule has 6 heteroatoms. The molecule has 0 saturated heterocycles. The van der Waals surface area contributed by atoms with Gasteiger partial charge in [-0.3, -0.25) is 4.79 Å². The van der Waals surface area contributed by atoms with Crippen LogP contribution in [0.3, 0.4) is 0 Å². The summed E-state index contributed by atoms with van der Waals surface area (Å²) in [7, 11) is 1.63. The third-order valence-corrected chi connectivity index (χ3v) is 5.18. The molecular formula is C15H15BrClNO2S. The van der Waals surface area contributed by atoms with Crippen LogP contribution in [0.4, 0.5) is 0 Å². The molecule has 0 bridgehead atoms. The smallest absolute Gasteiger partial charge is 0.262 e. The molecular weight excluding hydrogens is 374 g/mol. The Labute approximate surface area is 141 Å². The Morgan fingerprint density at radius 3 is 2.52 bits per heavy atom. The summed E-state index contributed by atoms with van der Waals surface area (Å²) in [5.74, 6) is -0.111. The van der Waals surface area contributed by atoms with Crippen LogP contribution < -0.4 is 5.32 Å². The zero-order chi connectivity index (χ0) is 15.4. The van der Waals surface area contributed by atoms with E-state index in [4.69, 9.17) is 16.3 Å². The maximum Gasteiger partial charge on any atom is 0.262 e. The molecule has 0 spiro atoms. The summed E-state index contributed by atoms with van der Waals surface area (Å²) in [6.45, 7) is 1.92. The summed E-state index contributed by atoms with van der Waals surface area (Å²) in [6, 6.07) is 9.12. The van der Waals surface area contributed by atoms with E-state index in [1.807, 2.05) is 42.6 Å². The SMILES string of the molecule is CO[C@@H](c1ccc(Cl)cc1)[C@@H](C)NC(=O)c1sccc1Br. The minimum atomic E-state index is -0.232. The fourth-order valence-electron chi connectivity index (χ4n) is 2.09. The number of methoxy groups -OCH3 is 1. The highest BCUT2D eigenvalue weighted by molar-refractivity contribution is 9.10. The second kappa shape index (κ2) is 7.40. The molecule has 3 nitrogen and oxygen atoms in total. The van der Waals surface area contributed by atoms with Gasteiger partial charge in [0.1, 0.15) is 11.0 Å². The van der Waals surface area contributed by atoms with E-state index in [1.165, 1.54) is 11.3 Å². The second-order valence-electron chi connectivity index (χ2n) is 4.57. The maximum atomic E-state index is 12.2. The molecule has 0 aliphatic heterocycles. The van der Waals surface area contributed by atoms with Crippen molar-refractivity contribution in [1.29, 1.82) is 0 Å². The van der Waals surface area contributed by atoms with E-state index < -0.39 is 0 Å². The van der Waals surface area contributed by atoms with Gasteiger partial charge in [-0.25, -0.2) is 0 Å². The van der Waals surface area contributed by atoms with Crippen LogP contribution in [0.25, 0.3) is 0 Å². The van der Waals surface area contributed by atoms with Crippen molar-refractivity contribution in [3.8, 4) is 0 Å². The average Bonchev–Trinajstić information content (AvgIpc) is 2.88. The molecule has 1 aromatic carbocycles. The highest BCUT2D eigenvalue weighted by Crippen LogP contribution is 2.25. The Kier molecular flexibility index (Phi) is 5.81. The largest absolute Gasteiger partial charge is 0.375 e. The fraction of sp³-hybridized carbons (Fsp3) is 0.267. The number of rotatable bonds is 5.